The molecule has 0 N–H and O–H groups in total. The van der Waals surface area contributed by atoms with Crippen LogP contribution >= 0.6 is 0 Å². The van der Waals surface area contributed by atoms with Crippen molar-refractivity contribution in [3.8, 4) is 11.5 Å². The van der Waals surface area contributed by atoms with E-state index in [4.69, 9.17) is 4.98 Å². The molecule has 40 heavy (non-hydrogen) atoms. The van der Waals surface area contributed by atoms with Crippen molar-refractivity contribution >= 4 is 65.4 Å². The monoisotopic (exact) mass is 510 g/mol. The van der Waals surface area contributed by atoms with E-state index in [0.717, 1.165) is 44.3 Å². The Kier molecular flexibility index (Phi) is 4.30. The van der Waals surface area contributed by atoms with Crippen LogP contribution in [0.25, 0.3) is 76.9 Å². The van der Waals surface area contributed by atoms with E-state index in [0.29, 0.717) is 0 Å². The largest absolute Gasteiger partial charge is 0.309 e. The number of pyridine rings is 2. The average Bonchev–Trinajstić information content (AvgIpc) is 3.53. The lowest BCUT2D eigenvalue weighted by Crippen LogP contribution is -1.97. The van der Waals surface area contributed by atoms with Gasteiger partial charge in [0.2, 0.25) is 0 Å². The second-order valence-electron chi connectivity index (χ2n) is 10.3. The Hall–Kier alpha value is -5.48. The summed E-state index contributed by atoms with van der Waals surface area (Å²) in [7, 11) is 0. The van der Waals surface area contributed by atoms with Crippen LogP contribution in [0, 0.1) is 0 Å². The van der Waals surface area contributed by atoms with Gasteiger partial charge in [-0.05, 0) is 60.7 Å². The van der Waals surface area contributed by atoms with Crippen LogP contribution in [0.2, 0.25) is 0 Å². The van der Waals surface area contributed by atoms with Crippen LogP contribution < -0.4 is 0 Å². The minimum absolute atomic E-state index is 0.925. The normalized spacial score (nSPS) is 12.0. The van der Waals surface area contributed by atoms with Crippen LogP contribution in [0.1, 0.15) is 0 Å². The molecule has 5 aromatic carbocycles. The Morgan fingerprint density at radius 2 is 1.07 bits per heavy atom. The molecule has 0 radical (unpaired) electrons. The molecular weight excluding hydrogens is 488 g/mol. The molecule has 9 aromatic rings. The highest BCUT2D eigenvalue weighted by Gasteiger charge is 2.20. The van der Waals surface area contributed by atoms with Gasteiger partial charge < -0.3 is 4.57 Å². The maximum atomic E-state index is 5.09. The summed E-state index contributed by atoms with van der Waals surface area (Å²) in [4.78, 5) is 9.73. The van der Waals surface area contributed by atoms with Crippen LogP contribution in [-0.2, 0) is 0 Å². The summed E-state index contributed by atoms with van der Waals surface area (Å²) >= 11 is 0. The second kappa shape index (κ2) is 8.01. The molecular formula is C36H22N4. The van der Waals surface area contributed by atoms with E-state index in [1.165, 1.54) is 32.6 Å². The van der Waals surface area contributed by atoms with Crippen LogP contribution in [0.4, 0.5) is 0 Å². The molecule has 0 spiro atoms. The van der Waals surface area contributed by atoms with Crippen LogP contribution in [0.5, 0.6) is 0 Å². The quantitative estimate of drug-likeness (QED) is 0.233. The minimum atomic E-state index is 0.925. The summed E-state index contributed by atoms with van der Waals surface area (Å²) in [6.07, 6.45) is 1.86. The third-order valence-corrected chi connectivity index (χ3v) is 8.13. The highest BCUT2D eigenvalue weighted by molar-refractivity contribution is 6.28. The van der Waals surface area contributed by atoms with E-state index in [1.807, 2.05) is 18.3 Å². The van der Waals surface area contributed by atoms with Gasteiger partial charge in [0.1, 0.15) is 5.82 Å². The van der Waals surface area contributed by atoms with Gasteiger partial charge in [0.25, 0.3) is 0 Å². The first-order valence-corrected chi connectivity index (χ1v) is 13.5. The molecule has 0 aliphatic rings. The first-order valence-electron chi connectivity index (χ1n) is 13.5. The molecule has 4 heteroatoms. The van der Waals surface area contributed by atoms with Crippen LogP contribution in [0.15, 0.2) is 134 Å². The number of benzene rings is 5. The van der Waals surface area contributed by atoms with Crippen molar-refractivity contribution in [2.45, 2.75) is 0 Å². The molecule has 4 aromatic heterocycles. The molecule has 0 fully saturated rings. The van der Waals surface area contributed by atoms with Crippen LogP contribution in [0.3, 0.4) is 0 Å². The van der Waals surface area contributed by atoms with Crippen molar-refractivity contribution in [1.82, 2.24) is 19.1 Å². The third kappa shape index (κ3) is 2.90. The fourth-order valence-corrected chi connectivity index (χ4v) is 6.42. The standard InChI is InChI=1S/C36H22N4/c1-4-12-28-23(8-1)16-20-34(38-28)40-31-14-6-3-11-27(31)36-33(40)19-18-32-35(36)26-10-2-5-13-30(26)39(32)25-17-15-24-9-7-21-37-29(24)22-25/h1-22H. The summed E-state index contributed by atoms with van der Waals surface area (Å²) in [5.74, 6) is 0.925. The van der Waals surface area contributed by atoms with Crippen molar-refractivity contribution in [1.29, 1.82) is 0 Å². The van der Waals surface area contributed by atoms with Gasteiger partial charge in [-0.15, -0.1) is 0 Å². The lowest BCUT2D eigenvalue weighted by atomic mass is 10.1. The van der Waals surface area contributed by atoms with E-state index in [1.54, 1.807) is 0 Å². The zero-order valence-electron chi connectivity index (χ0n) is 21.5. The predicted molar refractivity (Wildman–Crippen MR) is 166 cm³/mol. The van der Waals surface area contributed by atoms with Gasteiger partial charge >= 0.3 is 0 Å². The fourth-order valence-electron chi connectivity index (χ4n) is 6.42. The zero-order chi connectivity index (χ0) is 26.2. The number of para-hydroxylation sites is 3. The molecule has 0 aliphatic carbocycles. The molecule has 0 unspecified atom stereocenters. The third-order valence-electron chi connectivity index (χ3n) is 8.13. The maximum absolute atomic E-state index is 5.09. The number of fused-ring (bicyclic) bond motifs is 9. The maximum Gasteiger partial charge on any atom is 0.138 e. The van der Waals surface area contributed by atoms with Crippen molar-refractivity contribution in [3.05, 3.63) is 134 Å². The number of hydrogen-bond donors (Lipinski definition) is 0. The number of nitrogens with zero attached hydrogens (tertiary/aromatic N) is 4. The summed E-state index contributed by atoms with van der Waals surface area (Å²) in [5, 5.41) is 7.24. The second-order valence-corrected chi connectivity index (χ2v) is 10.3. The van der Waals surface area contributed by atoms with Gasteiger partial charge in [0.15, 0.2) is 0 Å². The van der Waals surface area contributed by atoms with Crippen molar-refractivity contribution in [2.24, 2.45) is 0 Å². The smallest absolute Gasteiger partial charge is 0.138 e. The summed E-state index contributed by atoms with van der Waals surface area (Å²) in [5.41, 5.74) is 7.76. The summed E-state index contributed by atoms with van der Waals surface area (Å²) in [6, 6.07) is 45.1. The van der Waals surface area contributed by atoms with Gasteiger partial charge in [0, 0.05) is 44.2 Å². The van der Waals surface area contributed by atoms with E-state index in [2.05, 4.69) is 129 Å². The summed E-state index contributed by atoms with van der Waals surface area (Å²) < 4.78 is 4.68. The van der Waals surface area contributed by atoms with Crippen molar-refractivity contribution < 1.29 is 0 Å². The van der Waals surface area contributed by atoms with Gasteiger partial charge in [0.05, 0.1) is 33.1 Å². The molecule has 186 valence electrons. The Morgan fingerprint density at radius 1 is 0.450 bits per heavy atom. The molecule has 0 saturated heterocycles. The highest BCUT2D eigenvalue weighted by atomic mass is 15.1. The Labute approximate surface area is 229 Å². The zero-order valence-corrected chi connectivity index (χ0v) is 21.5. The van der Waals surface area contributed by atoms with Crippen molar-refractivity contribution in [3.63, 3.8) is 0 Å². The fraction of sp³-hybridized carbons (Fsp3) is 0. The molecule has 4 nitrogen and oxygen atoms in total. The first-order chi connectivity index (χ1) is 19.8. The topological polar surface area (TPSA) is 35.6 Å². The SMILES string of the molecule is c1cnc2cc(-n3c4ccccc4c4c5c6ccccc6n(-c6ccc7ccccc7n6)c5ccc43)ccc2c1. The number of hydrogen-bond acceptors (Lipinski definition) is 2. The molecule has 0 saturated carbocycles. The first kappa shape index (κ1) is 21.5. The van der Waals surface area contributed by atoms with Gasteiger partial charge in [-0.2, -0.15) is 0 Å². The molecule has 0 aliphatic heterocycles. The van der Waals surface area contributed by atoms with E-state index >= 15 is 0 Å². The molecule has 0 bridgehead atoms. The lowest BCUT2D eigenvalue weighted by Gasteiger charge is -2.10. The minimum Gasteiger partial charge on any atom is -0.309 e. The Morgan fingerprint density at radius 3 is 1.90 bits per heavy atom. The molecule has 4 heterocycles. The van der Waals surface area contributed by atoms with Crippen LogP contribution in [-0.4, -0.2) is 19.1 Å². The van der Waals surface area contributed by atoms with E-state index in [9.17, 15) is 0 Å². The van der Waals surface area contributed by atoms with Crippen molar-refractivity contribution in [2.75, 3.05) is 0 Å². The Balaban J connectivity index is 1.43. The predicted octanol–water partition coefficient (Wildman–Crippen LogP) is 8.98. The van der Waals surface area contributed by atoms with Gasteiger partial charge in [-0.25, -0.2) is 4.98 Å². The average molecular weight is 511 g/mol. The number of aromatic nitrogens is 4. The summed E-state index contributed by atoms with van der Waals surface area (Å²) in [6.45, 7) is 0. The number of rotatable bonds is 2. The lowest BCUT2D eigenvalue weighted by molar-refractivity contribution is 1.10. The highest BCUT2D eigenvalue weighted by Crippen LogP contribution is 2.42. The van der Waals surface area contributed by atoms with E-state index in [-0.39, 0.29) is 0 Å². The van der Waals surface area contributed by atoms with Gasteiger partial charge in [-0.1, -0.05) is 66.7 Å². The van der Waals surface area contributed by atoms with Gasteiger partial charge in [-0.3, -0.25) is 9.55 Å². The molecule has 0 amide bonds. The Bertz CT molecular complexity index is 2270. The van der Waals surface area contributed by atoms with E-state index < -0.39 is 0 Å². The molecule has 9 rings (SSSR count). The molecule has 0 atom stereocenters.